The summed E-state index contributed by atoms with van der Waals surface area (Å²) in [4.78, 5) is 28.7. The van der Waals surface area contributed by atoms with Gasteiger partial charge in [0.1, 0.15) is 17.9 Å². The van der Waals surface area contributed by atoms with Gasteiger partial charge in [-0.3, -0.25) is 15.1 Å². The van der Waals surface area contributed by atoms with Crippen LogP contribution in [0.5, 0.6) is 5.75 Å². The van der Waals surface area contributed by atoms with Crippen LogP contribution in [0.2, 0.25) is 0 Å². The molecule has 1 aliphatic carbocycles. The highest BCUT2D eigenvalue weighted by molar-refractivity contribution is 7.92. The van der Waals surface area contributed by atoms with Crippen molar-refractivity contribution in [2.75, 3.05) is 0 Å². The maximum absolute atomic E-state index is 13.3. The number of rotatable bonds is 5. The number of urea groups is 1. The van der Waals surface area contributed by atoms with Gasteiger partial charge in [0.15, 0.2) is 9.84 Å². The van der Waals surface area contributed by atoms with E-state index in [1.165, 1.54) is 12.1 Å². The number of imide groups is 1. The summed E-state index contributed by atoms with van der Waals surface area (Å²) in [6.07, 6.45) is 1.15. The molecule has 5 rings (SSSR count). The van der Waals surface area contributed by atoms with Gasteiger partial charge in [-0.2, -0.15) is 0 Å². The Labute approximate surface area is 191 Å². The van der Waals surface area contributed by atoms with E-state index in [4.69, 9.17) is 4.74 Å². The highest BCUT2D eigenvalue weighted by Gasteiger charge is 2.59. The van der Waals surface area contributed by atoms with Gasteiger partial charge in [0.25, 0.3) is 5.91 Å². The normalized spacial score (nSPS) is 22.5. The SMILES string of the molecule is Cc1cc(COc2ccc(S(=O)(=O)C3CCCC34NC(=O)NC4=O)cc2)c2ccccc2n1. The molecule has 3 aromatic rings. The molecule has 1 saturated heterocycles. The average Bonchev–Trinajstić information content (AvgIpc) is 3.35. The first-order chi connectivity index (χ1) is 15.8. The van der Waals surface area contributed by atoms with E-state index in [0.29, 0.717) is 31.6 Å². The third-order valence-electron chi connectivity index (χ3n) is 6.41. The Hall–Kier alpha value is -3.46. The number of benzene rings is 2. The lowest BCUT2D eigenvalue weighted by Gasteiger charge is -2.27. The van der Waals surface area contributed by atoms with Gasteiger partial charge in [-0.1, -0.05) is 18.2 Å². The predicted molar refractivity (Wildman–Crippen MR) is 121 cm³/mol. The first-order valence-corrected chi connectivity index (χ1v) is 12.3. The van der Waals surface area contributed by atoms with E-state index in [1.807, 2.05) is 37.3 Å². The fourth-order valence-corrected chi connectivity index (χ4v) is 7.00. The molecular formula is C24H23N3O5S. The number of fused-ring (bicyclic) bond motifs is 1. The Morgan fingerprint density at radius 1 is 1.12 bits per heavy atom. The second kappa shape index (κ2) is 7.84. The minimum Gasteiger partial charge on any atom is -0.489 e. The van der Waals surface area contributed by atoms with Gasteiger partial charge in [0.2, 0.25) is 0 Å². The van der Waals surface area contributed by atoms with Crippen molar-refractivity contribution in [3.63, 3.8) is 0 Å². The van der Waals surface area contributed by atoms with Gasteiger partial charge < -0.3 is 10.1 Å². The molecule has 1 aromatic heterocycles. The maximum Gasteiger partial charge on any atom is 0.322 e. The minimum atomic E-state index is -3.84. The Morgan fingerprint density at radius 2 is 1.88 bits per heavy atom. The molecular weight excluding hydrogens is 442 g/mol. The van der Waals surface area contributed by atoms with E-state index in [-0.39, 0.29) is 4.90 Å². The third kappa shape index (κ3) is 3.62. The smallest absolute Gasteiger partial charge is 0.322 e. The molecule has 170 valence electrons. The lowest BCUT2D eigenvalue weighted by molar-refractivity contribution is -0.123. The summed E-state index contributed by atoms with van der Waals surface area (Å²) >= 11 is 0. The van der Waals surface area contributed by atoms with Crippen LogP contribution in [0.3, 0.4) is 0 Å². The van der Waals surface area contributed by atoms with Gasteiger partial charge in [-0.25, -0.2) is 13.2 Å². The first kappa shape index (κ1) is 21.4. The molecule has 33 heavy (non-hydrogen) atoms. The third-order valence-corrected chi connectivity index (χ3v) is 8.72. The molecule has 1 saturated carbocycles. The lowest BCUT2D eigenvalue weighted by Crippen LogP contribution is -2.55. The summed E-state index contributed by atoms with van der Waals surface area (Å²) in [7, 11) is -3.84. The number of aryl methyl sites for hydroxylation is 1. The molecule has 8 nitrogen and oxygen atoms in total. The van der Waals surface area contributed by atoms with Gasteiger partial charge in [-0.05, 0) is 62.6 Å². The molecule has 2 heterocycles. The summed E-state index contributed by atoms with van der Waals surface area (Å²) in [5.74, 6) is -0.0426. The largest absolute Gasteiger partial charge is 0.489 e. The second-order valence-corrected chi connectivity index (χ2v) is 10.6. The molecule has 1 spiro atoms. The highest BCUT2D eigenvalue weighted by Crippen LogP contribution is 2.40. The van der Waals surface area contributed by atoms with Gasteiger partial charge in [0.05, 0.1) is 15.7 Å². The van der Waals surface area contributed by atoms with Crippen molar-refractivity contribution in [2.45, 2.75) is 48.5 Å². The standard InChI is InChI=1S/C24H23N3O5S/c1-15-13-16(19-5-2-3-6-20(19)25-15)14-32-17-8-10-18(11-9-17)33(30,31)21-7-4-12-24(21)22(28)26-23(29)27-24/h2-3,5-6,8-11,13,21H,4,7,12,14H2,1H3,(H2,26,27,28,29). The number of para-hydroxylation sites is 1. The summed E-state index contributed by atoms with van der Waals surface area (Å²) in [5.41, 5.74) is 1.38. The van der Waals surface area contributed by atoms with Crippen molar-refractivity contribution in [1.29, 1.82) is 0 Å². The fraction of sp³-hybridized carbons (Fsp3) is 0.292. The van der Waals surface area contributed by atoms with Crippen molar-refractivity contribution in [2.24, 2.45) is 0 Å². The van der Waals surface area contributed by atoms with Crippen LogP contribution in [0.1, 0.15) is 30.5 Å². The molecule has 1 aliphatic heterocycles. The number of carbonyl (C=O) groups excluding carboxylic acids is 2. The molecule has 2 N–H and O–H groups in total. The van der Waals surface area contributed by atoms with Crippen LogP contribution in [-0.4, -0.2) is 36.1 Å². The zero-order chi connectivity index (χ0) is 23.2. The van der Waals surface area contributed by atoms with Crippen molar-refractivity contribution in [3.05, 3.63) is 65.9 Å². The number of pyridine rings is 1. The van der Waals surface area contributed by atoms with Gasteiger partial charge in [0, 0.05) is 16.6 Å². The number of ether oxygens (including phenoxy) is 1. The predicted octanol–water partition coefficient (Wildman–Crippen LogP) is 3.03. The highest BCUT2D eigenvalue weighted by atomic mass is 32.2. The topological polar surface area (TPSA) is 114 Å². The molecule has 9 heteroatoms. The van der Waals surface area contributed by atoms with Gasteiger partial charge >= 0.3 is 6.03 Å². The Balaban J connectivity index is 1.36. The molecule has 0 bridgehead atoms. The first-order valence-electron chi connectivity index (χ1n) is 10.8. The van der Waals surface area contributed by atoms with Gasteiger partial charge in [-0.15, -0.1) is 0 Å². The summed E-state index contributed by atoms with van der Waals surface area (Å²) < 4.78 is 32.6. The fourth-order valence-electron chi connectivity index (χ4n) is 4.87. The number of amides is 3. The molecule has 3 amide bonds. The van der Waals surface area contributed by atoms with E-state index >= 15 is 0 Å². The number of hydrogen-bond acceptors (Lipinski definition) is 6. The molecule has 2 fully saturated rings. The minimum absolute atomic E-state index is 0.0975. The molecule has 2 unspecified atom stereocenters. The maximum atomic E-state index is 13.3. The molecule has 0 radical (unpaired) electrons. The van der Waals surface area contributed by atoms with Crippen LogP contribution >= 0.6 is 0 Å². The van der Waals surface area contributed by atoms with Crippen LogP contribution in [-0.2, 0) is 21.2 Å². The van der Waals surface area contributed by atoms with Crippen LogP contribution < -0.4 is 15.4 Å². The van der Waals surface area contributed by atoms with E-state index < -0.39 is 32.6 Å². The second-order valence-electron chi connectivity index (χ2n) is 8.51. The summed E-state index contributed by atoms with van der Waals surface area (Å²) in [5, 5.41) is 4.75. The van der Waals surface area contributed by atoms with Crippen LogP contribution in [0.4, 0.5) is 4.79 Å². The number of nitrogens with one attached hydrogen (secondary N) is 2. The zero-order valence-corrected chi connectivity index (χ0v) is 18.8. The quantitative estimate of drug-likeness (QED) is 0.560. The molecule has 2 aliphatic rings. The Morgan fingerprint density at radius 3 is 2.61 bits per heavy atom. The molecule has 2 atom stereocenters. The van der Waals surface area contributed by atoms with E-state index in [9.17, 15) is 18.0 Å². The summed E-state index contributed by atoms with van der Waals surface area (Å²) in [6, 6.07) is 15.4. The Bertz CT molecular complexity index is 1370. The van der Waals surface area contributed by atoms with E-state index in [1.54, 1.807) is 12.1 Å². The van der Waals surface area contributed by atoms with Crippen LogP contribution in [0.15, 0.2) is 59.5 Å². The summed E-state index contributed by atoms with van der Waals surface area (Å²) in [6.45, 7) is 2.24. The van der Waals surface area contributed by atoms with Crippen molar-refractivity contribution < 1.29 is 22.7 Å². The van der Waals surface area contributed by atoms with E-state index in [2.05, 4.69) is 15.6 Å². The van der Waals surface area contributed by atoms with Crippen LogP contribution in [0.25, 0.3) is 10.9 Å². The van der Waals surface area contributed by atoms with E-state index in [0.717, 1.165) is 22.2 Å². The Kier molecular flexibility index (Phi) is 5.08. The number of sulfone groups is 1. The van der Waals surface area contributed by atoms with Crippen molar-refractivity contribution in [3.8, 4) is 5.75 Å². The van der Waals surface area contributed by atoms with Crippen LogP contribution in [0, 0.1) is 6.92 Å². The van der Waals surface area contributed by atoms with Crippen molar-refractivity contribution >= 4 is 32.7 Å². The number of aromatic nitrogens is 1. The monoisotopic (exact) mass is 465 g/mol. The zero-order valence-electron chi connectivity index (χ0n) is 18.0. The number of nitrogens with zero attached hydrogens (tertiary/aromatic N) is 1. The number of carbonyl (C=O) groups is 2. The molecule has 2 aromatic carbocycles. The number of hydrogen-bond donors (Lipinski definition) is 2. The average molecular weight is 466 g/mol. The van der Waals surface area contributed by atoms with Crippen molar-refractivity contribution in [1.82, 2.24) is 15.6 Å². The lowest BCUT2D eigenvalue weighted by atomic mass is 9.98.